The molecular weight excluding hydrogens is 164 g/mol. The van der Waals surface area contributed by atoms with E-state index in [4.69, 9.17) is 6.42 Å². The van der Waals surface area contributed by atoms with Gasteiger partial charge in [0.05, 0.1) is 6.54 Å². The van der Waals surface area contributed by atoms with E-state index in [0.29, 0.717) is 13.0 Å². The molecule has 1 aliphatic rings. The third kappa shape index (κ3) is 2.74. The summed E-state index contributed by atoms with van der Waals surface area (Å²) < 4.78 is 0. The van der Waals surface area contributed by atoms with Crippen molar-refractivity contribution in [2.75, 3.05) is 32.7 Å². The fourth-order valence-corrected chi connectivity index (χ4v) is 1.51. The van der Waals surface area contributed by atoms with Crippen LogP contribution in [0.5, 0.6) is 0 Å². The van der Waals surface area contributed by atoms with Gasteiger partial charge in [0.15, 0.2) is 0 Å². The summed E-state index contributed by atoms with van der Waals surface area (Å²) in [5.74, 6) is 2.87. The topological polar surface area (TPSA) is 23.6 Å². The normalized spacial score (nSPS) is 18.3. The molecule has 0 radical (unpaired) electrons. The molecule has 3 nitrogen and oxygen atoms in total. The highest BCUT2D eigenvalue weighted by atomic mass is 16.2. The first-order valence-electron chi connectivity index (χ1n) is 4.71. The molecule has 0 spiro atoms. The molecule has 1 saturated heterocycles. The number of carbonyl (C=O) groups excluding carboxylic acids is 1. The van der Waals surface area contributed by atoms with Gasteiger partial charge in [-0.05, 0) is 0 Å². The average molecular weight is 180 g/mol. The lowest BCUT2D eigenvalue weighted by atomic mass is 10.3. The minimum atomic E-state index is 0.250. The molecule has 72 valence electrons. The number of hydrogen-bond acceptors (Lipinski definition) is 2. The summed E-state index contributed by atoms with van der Waals surface area (Å²) in [5, 5.41) is 0. The lowest BCUT2D eigenvalue weighted by molar-refractivity contribution is -0.132. The summed E-state index contributed by atoms with van der Waals surface area (Å²) in [4.78, 5) is 15.4. The molecule has 0 aromatic heterocycles. The van der Waals surface area contributed by atoms with Crippen molar-refractivity contribution in [3.63, 3.8) is 0 Å². The number of amides is 1. The largest absolute Gasteiger partial charge is 0.340 e. The van der Waals surface area contributed by atoms with Crippen LogP contribution in [0.3, 0.4) is 0 Å². The van der Waals surface area contributed by atoms with Gasteiger partial charge in [-0.15, -0.1) is 6.42 Å². The van der Waals surface area contributed by atoms with E-state index in [-0.39, 0.29) is 5.91 Å². The van der Waals surface area contributed by atoms with E-state index >= 15 is 0 Å². The standard InChI is InChI=1S/C10H16N2O/c1-3-5-11-6-8-12(9-7-11)10(13)4-2/h1H,4-9H2,2H3. The van der Waals surface area contributed by atoms with Crippen molar-refractivity contribution in [2.45, 2.75) is 13.3 Å². The molecule has 1 fully saturated rings. The minimum absolute atomic E-state index is 0.250. The fourth-order valence-electron chi connectivity index (χ4n) is 1.51. The maximum atomic E-state index is 11.3. The molecule has 0 bridgehead atoms. The van der Waals surface area contributed by atoms with Crippen molar-refractivity contribution in [1.29, 1.82) is 0 Å². The molecule has 1 rings (SSSR count). The van der Waals surface area contributed by atoms with Gasteiger partial charge in [-0.3, -0.25) is 9.69 Å². The van der Waals surface area contributed by atoms with Crippen LogP contribution in [0.25, 0.3) is 0 Å². The van der Waals surface area contributed by atoms with Gasteiger partial charge in [0.25, 0.3) is 0 Å². The molecule has 0 saturated carbocycles. The zero-order chi connectivity index (χ0) is 9.68. The zero-order valence-corrected chi connectivity index (χ0v) is 8.12. The Bertz CT molecular complexity index is 211. The molecule has 0 N–H and O–H groups in total. The molecule has 0 unspecified atom stereocenters. The van der Waals surface area contributed by atoms with Crippen LogP contribution in [0.15, 0.2) is 0 Å². The smallest absolute Gasteiger partial charge is 0.222 e. The van der Waals surface area contributed by atoms with E-state index in [0.717, 1.165) is 26.2 Å². The van der Waals surface area contributed by atoms with Gasteiger partial charge in [0, 0.05) is 32.6 Å². The predicted octanol–water partition coefficient (Wildman–Crippen LogP) is 0.174. The average Bonchev–Trinajstić information content (AvgIpc) is 2.18. The second-order valence-electron chi connectivity index (χ2n) is 3.21. The number of rotatable bonds is 2. The summed E-state index contributed by atoms with van der Waals surface area (Å²) in [6.07, 6.45) is 5.81. The minimum Gasteiger partial charge on any atom is -0.340 e. The molecule has 1 amide bonds. The first-order valence-corrected chi connectivity index (χ1v) is 4.71. The first-order chi connectivity index (χ1) is 6.27. The molecule has 0 atom stereocenters. The van der Waals surface area contributed by atoms with Crippen LogP contribution in [0.1, 0.15) is 13.3 Å². The maximum Gasteiger partial charge on any atom is 0.222 e. The van der Waals surface area contributed by atoms with Gasteiger partial charge in [-0.1, -0.05) is 12.8 Å². The summed E-state index contributed by atoms with van der Waals surface area (Å²) in [6, 6.07) is 0. The second-order valence-corrected chi connectivity index (χ2v) is 3.21. The Balaban J connectivity index is 2.31. The molecule has 1 heterocycles. The number of terminal acetylenes is 1. The van der Waals surface area contributed by atoms with E-state index in [1.807, 2.05) is 11.8 Å². The van der Waals surface area contributed by atoms with Crippen LogP contribution >= 0.6 is 0 Å². The lowest BCUT2D eigenvalue weighted by Crippen LogP contribution is -2.48. The molecule has 0 aromatic rings. The third-order valence-corrected chi connectivity index (χ3v) is 2.34. The van der Waals surface area contributed by atoms with Crippen molar-refractivity contribution < 1.29 is 4.79 Å². The molecular formula is C10H16N2O. The zero-order valence-electron chi connectivity index (χ0n) is 8.12. The van der Waals surface area contributed by atoms with Crippen molar-refractivity contribution >= 4 is 5.91 Å². The van der Waals surface area contributed by atoms with Crippen LogP contribution in [-0.4, -0.2) is 48.4 Å². The summed E-state index contributed by atoms with van der Waals surface area (Å²) in [5.41, 5.74) is 0. The summed E-state index contributed by atoms with van der Waals surface area (Å²) in [7, 11) is 0. The van der Waals surface area contributed by atoms with Gasteiger partial charge in [0.1, 0.15) is 0 Å². The SMILES string of the molecule is C#CCN1CCN(C(=O)CC)CC1. The Kier molecular flexibility index (Phi) is 3.78. The number of nitrogens with zero attached hydrogens (tertiary/aromatic N) is 2. The Morgan fingerprint density at radius 1 is 1.38 bits per heavy atom. The number of hydrogen-bond donors (Lipinski definition) is 0. The van der Waals surface area contributed by atoms with E-state index in [9.17, 15) is 4.79 Å². The van der Waals surface area contributed by atoms with Gasteiger partial charge < -0.3 is 4.90 Å². The van der Waals surface area contributed by atoms with Gasteiger partial charge in [-0.25, -0.2) is 0 Å². The van der Waals surface area contributed by atoms with E-state index in [1.54, 1.807) is 0 Å². The van der Waals surface area contributed by atoms with Gasteiger partial charge in [-0.2, -0.15) is 0 Å². The molecule has 0 aliphatic carbocycles. The molecule has 0 aromatic carbocycles. The predicted molar refractivity (Wildman–Crippen MR) is 52.1 cm³/mol. The van der Waals surface area contributed by atoms with Crippen LogP contribution < -0.4 is 0 Å². The fraction of sp³-hybridized carbons (Fsp3) is 0.700. The van der Waals surface area contributed by atoms with Gasteiger partial charge >= 0.3 is 0 Å². The summed E-state index contributed by atoms with van der Waals surface area (Å²) >= 11 is 0. The van der Waals surface area contributed by atoms with Crippen LogP contribution in [-0.2, 0) is 4.79 Å². The quantitative estimate of drug-likeness (QED) is 0.566. The highest BCUT2D eigenvalue weighted by Crippen LogP contribution is 2.02. The van der Waals surface area contributed by atoms with Crippen LogP contribution in [0, 0.1) is 12.3 Å². The van der Waals surface area contributed by atoms with Gasteiger partial charge in [0.2, 0.25) is 5.91 Å². The van der Waals surface area contributed by atoms with Crippen molar-refractivity contribution in [3.05, 3.63) is 0 Å². The lowest BCUT2D eigenvalue weighted by Gasteiger charge is -2.33. The molecule has 3 heteroatoms. The van der Waals surface area contributed by atoms with Crippen LogP contribution in [0.2, 0.25) is 0 Å². The van der Waals surface area contributed by atoms with Crippen molar-refractivity contribution in [3.8, 4) is 12.3 Å². The maximum absolute atomic E-state index is 11.3. The number of carbonyl (C=O) groups is 1. The molecule has 13 heavy (non-hydrogen) atoms. The Morgan fingerprint density at radius 3 is 2.46 bits per heavy atom. The Morgan fingerprint density at radius 2 is 2.00 bits per heavy atom. The van der Waals surface area contributed by atoms with E-state index in [2.05, 4.69) is 10.8 Å². The number of piperazine rings is 1. The Hall–Kier alpha value is -1.01. The molecule has 1 aliphatic heterocycles. The highest BCUT2D eigenvalue weighted by molar-refractivity contribution is 5.75. The highest BCUT2D eigenvalue weighted by Gasteiger charge is 2.18. The third-order valence-electron chi connectivity index (χ3n) is 2.34. The Labute approximate surface area is 79.7 Å². The van der Waals surface area contributed by atoms with E-state index in [1.165, 1.54) is 0 Å². The first kappa shape index (κ1) is 10.1. The van der Waals surface area contributed by atoms with E-state index < -0.39 is 0 Å². The van der Waals surface area contributed by atoms with Crippen molar-refractivity contribution in [2.24, 2.45) is 0 Å². The van der Waals surface area contributed by atoms with Crippen LogP contribution in [0.4, 0.5) is 0 Å². The monoisotopic (exact) mass is 180 g/mol. The summed E-state index contributed by atoms with van der Waals surface area (Å²) in [6.45, 7) is 6.08. The second kappa shape index (κ2) is 4.88. The van der Waals surface area contributed by atoms with Crippen molar-refractivity contribution in [1.82, 2.24) is 9.80 Å².